The summed E-state index contributed by atoms with van der Waals surface area (Å²) < 4.78 is 2.15. The molecule has 7 heteroatoms. The van der Waals surface area contributed by atoms with Crippen LogP contribution < -0.4 is 5.32 Å². The number of hydrogen-bond donors (Lipinski definition) is 1. The van der Waals surface area contributed by atoms with Gasteiger partial charge in [0.2, 0.25) is 5.91 Å². The molecule has 2 amide bonds. The van der Waals surface area contributed by atoms with Gasteiger partial charge in [-0.25, -0.2) is 4.98 Å². The largest absolute Gasteiger partial charge is 0.342 e. The van der Waals surface area contributed by atoms with Crippen LogP contribution in [0.5, 0.6) is 0 Å². The fraction of sp³-hybridized carbons (Fsp3) is 0.500. The molecule has 2 aromatic rings. The first-order valence-electron chi connectivity index (χ1n) is 9.62. The van der Waals surface area contributed by atoms with Crippen LogP contribution in [0.2, 0.25) is 0 Å². The lowest BCUT2D eigenvalue weighted by Gasteiger charge is -2.35. The number of likely N-dealkylation sites (tertiary alicyclic amines) is 1. The second-order valence-corrected chi connectivity index (χ2v) is 7.34. The molecule has 142 valence electrons. The van der Waals surface area contributed by atoms with E-state index >= 15 is 0 Å². The van der Waals surface area contributed by atoms with E-state index in [2.05, 4.69) is 32.9 Å². The highest BCUT2D eigenvalue weighted by Gasteiger charge is 2.45. The van der Waals surface area contributed by atoms with E-state index in [1.54, 1.807) is 0 Å². The van der Waals surface area contributed by atoms with E-state index < -0.39 is 5.54 Å². The van der Waals surface area contributed by atoms with Crippen molar-refractivity contribution >= 4 is 28.7 Å². The zero-order valence-corrected chi connectivity index (χ0v) is 15.9. The number of amidine groups is 1. The molecule has 0 unspecified atom stereocenters. The Balaban J connectivity index is 1.41. The average molecular weight is 367 g/mol. The third kappa shape index (κ3) is 3.11. The number of hydrogen-bond acceptors (Lipinski definition) is 4. The van der Waals surface area contributed by atoms with Gasteiger partial charge in [-0.05, 0) is 31.9 Å². The number of amides is 2. The van der Waals surface area contributed by atoms with Crippen molar-refractivity contribution in [2.75, 3.05) is 13.1 Å². The lowest BCUT2D eigenvalue weighted by molar-refractivity contribution is -0.135. The van der Waals surface area contributed by atoms with Gasteiger partial charge in [0, 0.05) is 32.5 Å². The summed E-state index contributed by atoms with van der Waals surface area (Å²) in [5, 5.41) is 2.79. The fourth-order valence-electron chi connectivity index (χ4n) is 4.16. The molecule has 2 aliphatic heterocycles. The highest BCUT2D eigenvalue weighted by molar-refractivity contribution is 6.07. The van der Waals surface area contributed by atoms with Gasteiger partial charge in [-0.15, -0.1) is 0 Å². The summed E-state index contributed by atoms with van der Waals surface area (Å²) in [4.78, 5) is 35.9. The van der Waals surface area contributed by atoms with Crippen LogP contribution in [0.25, 0.3) is 11.0 Å². The van der Waals surface area contributed by atoms with Crippen LogP contribution >= 0.6 is 0 Å². The maximum atomic E-state index is 12.7. The van der Waals surface area contributed by atoms with Crippen molar-refractivity contribution in [1.29, 1.82) is 0 Å². The van der Waals surface area contributed by atoms with Crippen LogP contribution in [0, 0.1) is 0 Å². The van der Waals surface area contributed by atoms with Crippen molar-refractivity contribution in [3.8, 4) is 0 Å². The summed E-state index contributed by atoms with van der Waals surface area (Å²) in [6, 6.07) is 8.04. The Labute approximate surface area is 158 Å². The maximum absolute atomic E-state index is 12.7. The van der Waals surface area contributed by atoms with Crippen molar-refractivity contribution in [1.82, 2.24) is 19.8 Å². The van der Waals surface area contributed by atoms with Crippen LogP contribution in [-0.2, 0) is 22.6 Å². The first-order valence-corrected chi connectivity index (χ1v) is 9.62. The molecule has 4 rings (SSSR count). The molecule has 3 heterocycles. The van der Waals surface area contributed by atoms with Crippen molar-refractivity contribution in [3.05, 3.63) is 30.1 Å². The Bertz CT molecular complexity index is 922. The van der Waals surface area contributed by atoms with Gasteiger partial charge in [0.1, 0.15) is 17.2 Å². The number of aryl methyl sites for hydroxylation is 2. The number of benzene rings is 1. The standard InChI is InChI=1S/C20H25N5O2/c1-3-17-22-15-6-4-5-7-16(15)25(17)11-8-18(26)24-12-9-20(10-13-24)19(27)21-14(2)23-20/h4-7H,3,8-13H2,1-2H3,(H,21,23,27). The van der Waals surface area contributed by atoms with Crippen LogP contribution in [0.3, 0.4) is 0 Å². The third-order valence-electron chi connectivity index (χ3n) is 5.64. The Morgan fingerprint density at radius 1 is 1.26 bits per heavy atom. The van der Waals surface area contributed by atoms with Gasteiger partial charge in [-0.3, -0.25) is 14.6 Å². The molecule has 1 aromatic carbocycles. The van der Waals surface area contributed by atoms with Gasteiger partial charge >= 0.3 is 0 Å². The zero-order valence-electron chi connectivity index (χ0n) is 15.9. The smallest absolute Gasteiger partial charge is 0.253 e. The number of nitrogens with one attached hydrogen (secondary N) is 1. The van der Waals surface area contributed by atoms with E-state index in [-0.39, 0.29) is 11.8 Å². The number of piperidine rings is 1. The predicted octanol–water partition coefficient (Wildman–Crippen LogP) is 1.90. The number of imidazole rings is 1. The molecule has 1 fully saturated rings. The van der Waals surface area contributed by atoms with Crippen LogP contribution in [0.15, 0.2) is 29.3 Å². The molecule has 0 aliphatic carbocycles. The summed E-state index contributed by atoms with van der Waals surface area (Å²) in [6.07, 6.45) is 2.46. The molecule has 0 saturated carbocycles. The molecule has 2 aliphatic rings. The van der Waals surface area contributed by atoms with E-state index in [1.807, 2.05) is 30.0 Å². The van der Waals surface area contributed by atoms with Crippen LogP contribution in [0.4, 0.5) is 0 Å². The van der Waals surface area contributed by atoms with Gasteiger partial charge in [0.15, 0.2) is 0 Å². The second-order valence-electron chi connectivity index (χ2n) is 7.34. The number of aliphatic imine (C=N–C) groups is 1. The fourth-order valence-corrected chi connectivity index (χ4v) is 4.16. The molecule has 0 radical (unpaired) electrons. The van der Waals surface area contributed by atoms with Crippen molar-refractivity contribution in [2.45, 2.75) is 51.6 Å². The molecule has 7 nitrogen and oxygen atoms in total. The summed E-state index contributed by atoms with van der Waals surface area (Å²) in [5.74, 6) is 1.79. The molecule has 27 heavy (non-hydrogen) atoms. The van der Waals surface area contributed by atoms with E-state index in [1.165, 1.54) is 0 Å². The summed E-state index contributed by atoms with van der Waals surface area (Å²) in [7, 11) is 0. The first-order chi connectivity index (χ1) is 13.0. The van der Waals surface area contributed by atoms with Crippen molar-refractivity contribution < 1.29 is 9.59 Å². The normalized spacial score (nSPS) is 18.8. The molecule has 1 saturated heterocycles. The highest BCUT2D eigenvalue weighted by atomic mass is 16.2. The number of carbonyl (C=O) groups excluding carboxylic acids is 2. The monoisotopic (exact) mass is 367 g/mol. The van der Waals surface area contributed by atoms with Gasteiger partial charge in [0.05, 0.1) is 11.0 Å². The van der Waals surface area contributed by atoms with Crippen molar-refractivity contribution in [3.63, 3.8) is 0 Å². The maximum Gasteiger partial charge on any atom is 0.253 e. The molecule has 1 N–H and O–H groups in total. The van der Waals surface area contributed by atoms with Gasteiger partial charge < -0.3 is 14.8 Å². The topological polar surface area (TPSA) is 79.6 Å². The van der Waals surface area contributed by atoms with Crippen LogP contribution in [0.1, 0.15) is 38.9 Å². The lowest BCUT2D eigenvalue weighted by Crippen LogP contribution is -2.50. The molecular formula is C20H25N5O2. The van der Waals surface area contributed by atoms with Gasteiger partial charge in [-0.2, -0.15) is 0 Å². The SMILES string of the molecule is CCc1nc2ccccc2n1CCC(=O)N1CCC2(CC1)N=C(C)NC2=O. The predicted molar refractivity (Wildman–Crippen MR) is 104 cm³/mol. The number of para-hydroxylation sites is 2. The van der Waals surface area contributed by atoms with E-state index in [4.69, 9.17) is 0 Å². The van der Waals surface area contributed by atoms with Crippen LogP contribution in [-0.4, -0.2) is 50.7 Å². The van der Waals surface area contributed by atoms with Gasteiger partial charge in [0.25, 0.3) is 5.91 Å². The molecular weight excluding hydrogens is 342 g/mol. The highest BCUT2D eigenvalue weighted by Crippen LogP contribution is 2.30. The summed E-state index contributed by atoms with van der Waals surface area (Å²) in [6.45, 7) is 5.67. The lowest BCUT2D eigenvalue weighted by atomic mass is 9.88. The summed E-state index contributed by atoms with van der Waals surface area (Å²) in [5.41, 5.74) is 1.39. The Morgan fingerprint density at radius 3 is 2.67 bits per heavy atom. The number of fused-ring (bicyclic) bond motifs is 1. The minimum absolute atomic E-state index is 0.0235. The Kier molecular flexibility index (Phi) is 4.45. The second kappa shape index (κ2) is 6.79. The molecule has 0 bridgehead atoms. The Morgan fingerprint density at radius 2 is 2.00 bits per heavy atom. The van der Waals surface area contributed by atoms with Gasteiger partial charge in [-0.1, -0.05) is 19.1 Å². The number of rotatable bonds is 4. The number of carbonyl (C=O) groups is 2. The Hall–Kier alpha value is -2.70. The molecule has 1 aromatic heterocycles. The van der Waals surface area contributed by atoms with Crippen molar-refractivity contribution in [2.24, 2.45) is 4.99 Å². The minimum atomic E-state index is -0.656. The molecule has 1 spiro atoms. The quantitative estimate of drug-likeness (QED) is 0.896. The van der Waals surface area contributed by atoms with E-state index in [0.29, 0.717) is 44.7 Å². The van der Waals surface area contributed by atoms with E-state index in [9.17, 15) is 9.59 Å². The minimum Gasteiger partial charge on any atom is -0.342 e. The first kappa shape index (κ1) is 17.7. The number of nitrogens with zero attached hydrogens (tertiary/aromatic N) is 4. The third-order valence-corrected chi connectivity index (χ3v) is 5.64. The summed E-state index contributed by atoms with van der Waals surface area (Å²) >= 11 is 0. The average Bonchev–Trinajstić information content (AvgIpc) is 3.16. The number of aromatic nitrogens is 2. The van der Waals surface area contributed by atoms with E-state index in [0.717, 1.165) is 23.3 Å². The zero-order chi connectivity index (χ0) is 19.0. The molecule has 0 atom stereocenters.